The first-order chi connectivity index (χ1) is 10.4. The van der Waals surface area contributed by atoms with E-state index in [0.717, 1.165) is 25.4 Å². The molecule has 2 N–H and O–H groups in total. The van der Waals surface area contributed by atoms with Crippen LogP contribution in [0.4, 0.5) is 5.69 Å². The molecule has 0 fully saturated rings. The number of rotatable bonds is 5. The molecule has 3 rings (SSSR count). The number of ether oxygens (including phenoxy) is 1. The summed E-state index contributed by atoms with van der Waals surface area (Å²) in [6, 6.07) is 14.8. The van der Waals surface area contributed by atoms with Crippen LogP contribution < -0.4 is 15.4 Å². The van der Waals surface area contributed by atoms with Gasteiger partial charge in [0.05, 0.1) is 7.11 Å². The minimum absolute atomic E-state index is 0.848. The topological polar surface area (TPSA) is 33.3 Å². The van der Waals surface area contributed by atoms with E-state index in [1.807, 2.05) is 12.1 Å². The van der Waals surface area contributed by atoms with E-state index in [1.165, 1.54) is 35.2 Å². The third-order valence-corrected chi connectivity index (χ3v) is 3.94. The van der Waals surface area contributed by atoms with Gasteiger partial charge in [-0.3, -0.25) is 0 Å². The fourth-order valence-corrected chi connectivity index (χ4v) is 2.85. The quantitative estimate of drug-likeness (QED) is 0.882. The van der Waals surface area contributed by atoms with Crippen LogP contribution in [0.5, 0.6) is 5.75 Å². The Morgan fingerprint density at radius 1 is 1.14 bits per heavy atom. The van der Waals surface area contributed by atoms with Crippen LogP contribution >= 0.6 is 0 Å². The molecule has 2 aromatic carbocycles. The third-order valence-electron chi connectivity index (χ3n) is 3.94. The number of methoxy groups -OCH3 is 1. The van der Waals surface area contributed by atoms with Crippen molar-refractivity contribution in [2.45, 2.75) is 25.9 Å². The highest BCUT2D eigenvalue weighted by Gasteiger charge is 2.11. The van der Waals surface area contributed by atoms with E-state index in [4.69, 9.17) is 4.74 Å². The molecule has 3 nitrogen and oxygen atoms in total. The molecule has 2 aromatic rings. The van der Waals surface area contributed by atoms with Crippen LogP contribution in [-0.2, 0) is 19.5 Å². The van der Waals surface area contributed by atoms with Crippen molar-refractivity contribution in [3.05, 3.63) is 59.2 Å². The number of para-hydroxylation sites is 1. The second-order valence-electron chi connectivity index (χ2n) is 5.44. The number of aryl methyl sites for hydroxylation is 1. The highest BCUT2D eigenvalue weighted by molar-refractivity contribution is 5.59. The summed E-state index contributed by atoms with van der Waals surface area (Å²) in [5.41, 5.74) is 5.38. The van der Waals surface area contributed by atoms with Crippen LogP contribution in [0.2, 0.25) is 0 Å². The lowest BCUT2D eigenvalue weighted by molar-refractivity contribution is 0.414. The summed E-state index contributed by atoms with van der Waals surface area (Å²) < 4.78 is 5.26. The molecule has 1 aliphatic rings. The van der Waals surface area contributed by atoms with Crippen molar-refractivity contribution in [3.63, 3.8) is 0 Å². The smallest absolute Gasteiger partial charge is 0.119 e. The van der Waals surface area contributed by atoms with Gasteiger partial charge in [-0.1, -0.05) is 30.3 Å². The Kier molecular flexibility index (Phi) is 4.41. The van der Waals surface area contributed by atoms with Crippen molar-refractivity contribution >= 4 is 5.69 Å². The monoisotopic (exact) mass is 282 g/mol. The fraction of sp³-hybridized carbons (Fsp3) is 0.333. The Hall–Kier alpha value is -2.00. The molecule has 0 atom stereocenters. The van der Waals surface area contributed by atoms with Crippen molar-refractivity contribution in [2.24, 2.45) is 0 Å². The molecule has 0 saturated carbocycles. The Bertz CT molecular complexity index is 610. The molecule has 0 aromatic heterocycles. The number of fused-ring (bicyclic) bond motifs is 1. The van der Waals surface area contributed by atoms with Gasteiger partial charge in [-0.25, -0.2) is 0 Å². The van der Waals surface area contributed by atoms with Gasteiger partial charge in [0.25, 0.3) is 0 Å². The van der Waals surface area contributed by atoms with Crippen LogP contribution in [0, 0.1) is 0 Å². The summed E-state index contributed by atoms with van der Waals surface area (Å²) in [4.78, 5) is 0. The van der Waals surface area contributed by atoms with Gasteiger partial charge in [-0.15, -0.1) is 0 Å². The molecule has 0 radical (unpaired) electrons. The Labute approximate surface area is 126 Å². The van der Waals surface area contributed by atoms with Crippen molar-refractivity contribution in [3.8, 4) is 5.75 Å². The number of hydrogen-bond donors (Lipinski definition) is 2. The van der Waals surface area contributed by atoms with E-state index >= 15 is 0 Å². The molecule has 1 aliphatic heterocycles. The molecule has 110 valence electrons. The largest absolute Gasteiger partial charge is 0.497 e. The summed E-state index contributed by atoms with van der Waals surface area (Å²) in [5, 5.41) is 7.06. The van der Waals surface area contributed by atoms with Crippen LogP contribution in [-0.4, -0.2) is 13.7 Å². The SMILES string of the molecule is COc1cccc(CNCc2cccc3c2NCCC3)c1. The minimum Gasteiger partial charge on any atom is -0.497 e. The molecule has 0 amide bonds. The average Bonchev–Trinajstić information content (AvgIpc) is 2.55. The van der Waals surface area contributed by atoms with Crippen molar-refractivity contribution < 1.29 is 4.74 Å². The van der Waals surface area contributed by atoms with E-state index in [1.54, 1.807) is 7.11 Å². The number of hydrogen-bond acceptors (Lipinski definition) is 3. The second-order valence-corrected chi connectivity index (χ2v) is 5.44. The zero-order valence-electron chi connectivity index (χ0n) is 12.5. The molecule has 3 heteroatoms. The van der Waals surface area contributed by atoms with Crippen LogP contribution in [0.15, 0.2) is 42.5 Å². The van der Waals surface area contributed by atoms with Crippen LogP contribution in [0.1, 0.15) is 23.1 Å². The van der Waals surface area contributed by atoms with Crippen molar-refractivity contribution in [1.29, 1.82) is 0 Å². The number of benzene rings is 2. The first-order valence-corrected chi connectivity index (χ1v) is 7.55. The maximum absolute atomic E-state index is 5.26. The van der Waals surface area contributed by atoms with Gasteiger partial charge in [-0.2, -0.15) is 0 Å². The number of anilines is 1. The van der Waals surface area contributed by atoms with Gasteiger partial charge in [0.2, 0.25) is 0 Å². The van der Waals surface area contributed by atoms with E-state index in [2.05, 4.69) is 41.0 Å². The molecule has 0 aliphatic carbocycles. The predicted octanol–water partition coefficient (Wildman–Crippen LogP) is 3.34. The zero-order chi connectivity index (χ0) is 14.5. The lowest BCUT2D eigenvalue weighted by Crippen LogP contribution is -2.18. The van der Waals surface area contributed by atoms with E-state index < -0.39 is 0 Å². The first-order valence-electron chi connectivity index (χ1n) is 7.55. The minimum atomic E-state index is 0.848. The standard InChI is InChI=1S/C18H22N2O/c1-21-17-9-2-5-14(11-17)12-19-13-16-7-3-6-15-8-4-10-20-18(15)16/h2-3,5-7,9,11,19-20H,4,8,10,12-13H2,1H3. The van der Waals surface area contributed by atoms with E-state index in [-0.39, 0.29) is 0 Å². The van der Waals surface area contributed by atoms with Gasteiger partial charge in [0.15, 0.2) is 0 Å². The maximum Gasteiger partial charge on any atom is 0.119 e. The third kappa shape index (κ3) is 3.37. The van der Waals surface area contributed by atoms with Gasteiger partial charge in [0.1, 0.15) is 5.75 Å². The van der Waals surface area contributed by atoms with E-state index in [9.17, 15) is 0 Å². The average molecular weight is 282 g/mol. The second kappa shape index (κ2) is 6.64. The fourth-order valence-electron chi connectivity index (χ4n) is 2.85. The molecule has 21 heavy (non-hydrogen) atoms. The molecule has 0 bridgehead atoms. The molecule has 0 unspecified atom stereocenters. The lowest BCUT2D eigenvalue weighted by atomic mass is 9.99. The summed E-state index contributed by atoms with van der Waals surface area (Å²) >= 11 is 0. The highest BCUT2D eigenvalue weighted by atomic mass is 16.5. The number of nitrogens with one attached hydrogen (secondary N) is 2. The first kappa shape index (κ1) is 14.0. The maximum atomic E-state index is 5.26. The molecular formula is C18H22N2O. The Morgan fingerprint density at radius 3 is 2.95 bits per heavy atom. The normalized spacial score (nSPS) is 13.4. The predicted molar refractivity (Wildman–Crippen MR) is 86.8 cm³/mol. The summed E-state index contributed by atoms with van der Waals surface area (Å²) in [5.74, 6) is 0.910. The lowest BCUT2D eigenvalue weighted by Gasteiger charge is -2.21. The molecule has 1 heterocycles. The molecule has 0 saturated heterocycles. The van der Waals surface area contributed by atoms with Gasteiger partial charge in [0, 0.05) is 25.3 Å². The molecular weight excluding hydrogens is 260 g/mol. The Morgan fingerprint density at radius 2 is 2.05 bits per heavy atom. The van der Waals surface area contributed by atoms with Gasteiger partial charge in [-0.05, 0) is 41.7 Å². The van der Waals surface area contributed by atoms with E-state index in [0.29, 0.717) is 0 Å². The van der Waals surface area contributed by atoms with Gasteiger partial charge < -0.3 is 15.4 Å². The summed E-state index contributed by atoms with van der Waals surface area (Å²) in [6.45, 7) is 2.81. The van der Waals surface area contributed by atoms with Crippen molar-refractivity contribution in [1.82, 2.24) is 5.32 Å². The Balaban J connectivity index is 1.63. The van der Waals surface area contributed by atoms with Gasteiger partial charge >= 0.3 is 0 Å². The van der Waals surface area contributed by atoms with Crippen LogP contribution in [0.3, 0.4) is 0 Å². The summed E-state index contributed by atoms with van der Waals surface area (Å²) in [6.07, 6.45) is 2.42. The highest BCUT2D eigenvalue weighted by Crippen LogP contribution is 2.26. The molecule has 0 spiro atoms. The van der Waals surface area contributed by atoms with Crippen LogP contribution in [0.25, 0.3) is 0 Å². The zero-order valence-corrected chi connectivity index (χ0v) is 12.5. The van der Waals surface area contributed by atoms with Crippen molar-refractivity contribution in [2.75, 3.05) is 19.0 Å². The summed E-state index contributed by atoms with van der Waals surface area (Å²) in [7, 11) is 1.70.